The third kappa shape index (κ3) is 2.76. The third-order valence-corrected chi connectivity index (χ3v) is 4.54. The van der Waals surface area contributed by atoms with Crippen molar-refractivity contribution in [1.82, 2.24) is 5.06 Å². The Morgan fingerprint density at radius 3 is 2.36 bits per heavy atom. The minimum Gasteiger partial charge on any atom is -0.493 e. The second-order valence-corrected chi connectivity index (χ2v) is 5.83. The second-order valence-electron chi connectivity index (χ2n) is 5.83. The Morgan fingerprint density at radius 1 is 1.14 bits per heavy atom. The highest BCUT2D eigenvalue weighted by Crippen LogP contribution is 2.36. The number of methoxy groups -OCH3 is 2. The molecule has 2 saturated heterocycles. The summed E-state index contributed by atoms with van der Waals surface area (Å²) in [4.78, 5) is 12.3. The van der Waals surface area contributed by atoms with Gasteiger partial charge in [-0.2, -0.15) is 5.06 Å². The largest absolute Gasteiger partial charge is 0.493 e. The highest BCUT2D eigenvalue weighted by molar-refractivity contribution is 5.90. The first-order chi connectivity index (χ1) is 10.6. The van der Waals surface area contributed by atoms with Gasteiger partial charge in [-0.1, -0.05) is 0 Å². The number of fused-ring (bicyclic) bond motifs is 2. The number of hydrogen-bond donors (Lipinski definition) is 1. The van der Waals surface area contributed by atoms with Crippen molar-refractivity contribution >= 4 is 5.97 Å². The van der Waals surface area contributed by atoms with Crippen LogP contribution in [0.15, 0.2) is 18.2 Å². The molecule has 120 valence electrons. The molecule has 2 atom stereocenters. The summed E-state index contributed by atoms with van der Waals surface area (Å²) in [6.45, 7) is 0. The van der Waals surface area contributed by atoms with Gasteiger partial charge in [0, 0.05) is 24.9 Å². The molecule has 3 rings (SSSR count). The molecule has 2 aliphatic heterocycles. The van der Waals surface area contributed by atoms with E-state index >= 15 is 0 Å². The Balaban J connectivity index is 1.67. The van der Waals surface area contributed by atoms with Gasteiger partial charge in [0.25, 0.3) is 0 Å². The lowest BCUT2D eigenvalue weighted by atomic mass is 10.0. The van der Waals surface area contributed by atoms with E-state index < -0.39 is 0 Å². The SMILES string of the molecule is COc1ccc(C(=O)OC2C[C@H]3CC[C@H](C2)N3O)cc1OC. The highest BCUT2D eigenvalue weighted by atomic mass is 16.5. The maximum Gasteiger partial charge on any atom is 0.338 e. The number of rotatable bonds is 4. The molecule has 0 spiro atoms. The highest BCUT2D eigenvalue weighted by Gasteiger charge is 2.41. The quantitative estimate of drug-likeness (QED) is 0.861. The molecule has 6 heteroatoms. The van der Waals surface area contributed by atoms with Gasteiger partial charge < -0.3 is 19.4 Å². The molecule has 0 radical (unpaired) electrons. The fraction of sp³-hybridized carbons (Fsp3) is 0.562. The predicted octanol–water partition coefficient (Wildman–Crippen LogP) is 2.25. The van der Waals surface area contributed by atoms with Gasteiger partial charge >= 0.3 is 5.97 Å². The van der Waals surface area contributed by atoms with Crippen molar-refractivity contribution in [2.24, 2.45) is 0 Å². The molecule has 0 amide bonds. The van der Waals surface area contributed by atoms with Crippen molar-refractivity contribution in [3.8, 4) is 11.5 Å². The maximum absolute atomic E-state index is 12.3. The van der Waals surface area contributed by atoms with Gasteiger partial charge in [-0.05, 0) is 31.0 Å². The van der Waals surface area contributed by atoms with Crippen molar-refractivity contribution < 1.29 is 24.2 Å². The maximum atomic E-state index is 12.3. The average Bonchev–Trinajstić information content (AvgIpc) is 2.76. The zero-order valence-corrected chi connectivity index (χ0v) is 12.8. The van der Waals surface area contributed by atoms with E-state index in [1.165, 1.54) is 12.2 Å². The van der Waals surface area contributed by atoms with E-state index in [-0.39, 0.29) is 24.2 Å². The van der Waals surface area contributed by atoms with E-state index in [1.54, 1.807) is 25.3 Å². The van der Waals surface area contributed by atoms with Gasteiger partial charge in [-0.3, -0.25) is 0 Å². The summed E-state index contributed by atoms with van der Waals surface area (Å²) in [5.74, 6) is 0.713. The summed E-state index contributed by atoms with van der Waals surface area (Å²) in [5.41, 5.74) is 0.441. The second kappa shape index (κ2) is 6.14. The van der Waals surface area contributed by atoms with Crippen LogP contribution in [0, 0.1) is 0 Å². The molecule has 0 unspecified atom stereocenters. The van der Waals surface area contributed by atoms with E-state index in [2.05, 4.69) is 0 Å². The lowest BCUT2D eigenvalue weighted by Crippen LogP contribution is -2.43. The fourth-order valence-corrected chi connectivity index (χ4v) is 3.38. The van der Waals surface area contributed by atoms with Crippen molar-refractivity contribution in [2.45, 2.75) is 43.9 Å². The van der Waals surface area contributed by atoms with Gasteiger partial charge in [-0.15, -0.1) is 0 Å². The average molecular weight is 307 g/mol. The lowest BCUT2D eigenvalue weighted by Gasteiger charge is -2.34. The molecule has 2 fully saturated rings. The van der Waals surface area contributed by atoms with Gasteiger partial charge in [0.1, 0.15) is 6.10 Å². The van der Waals surface area contributed by atoms with Crippen molar-refractivity contribution in [1.29, 1.82) is 0 Å². The first kappa shape index (κ1) is 15.1. The molecule has 0 aliphatic carbocycles. The number of ether oxygens (including phenoxy) is 3. The minimum absolute atomic E-state index is 0.113. The van der Waals surface area contributed by atoms with Crippen molar-refractivity contribution in [3.05, 3.63) is 23.8 Å². The van der Waals surface area contributed by atoms with Crippen LogP contribution in [0.5, 0.6) is 11.5 Å². The molecule has 6 nitrogen and oxygen atoms in total. The number of carbonyl (C=O) groups is 1. The van der Waals surface area contributed by atoms with E-state index in [4.69, 9.17) is 14.2 Å². The summed E-state index contributed by atoms with van der Waals surface area (Å²) < 4.78 is 16.0. The Labute approximate surface area is 129 Å². The van der Waals surface area contributed by atoms with Gasteiger partial charge in [0.15, 0.2) is 11.5 Å². The Morgan fingerprint density at radius 2 is 1.77 bits per heavy atom. The zero-order chi connectivity index (χ0) is 15.7. The summed E-state index contributed by atoms with van der Waals surface area (Å²) >= 11 is 0. The molecule has 1 aromatic rings. The molecule has 2 bridgehead atoms. The molecule has 0 aromatic heterocycles. The first-order valence-corrected chi connectivity index (χ1v) is 7.52. The van der Waals surface area contributed by atoms with Crippen LogP contribution in [0.25, 0.3) is 0 Å². The van der Waals surface area contributed by atoms with Crippen LogP contribution in [0.4, 0.5) is 0 Å². The van der Waals surface area contributed by atoms with Crippen LogP contribution in [-0.2, 0) is 4.74 Å². The summed E-state index contributed by atoms with van der Waals surface area (Å²) in [6, 6.07) is 5.20. The summed E-state index contributed by atoms with van der Waals surface area (Å²) in [6.07, 6.45) is 3.16. The number of benzene rings is 1. The van der Waals surface area contributed by atoms with Crippen LogP contribution in [0.1, 0.15) is 36.0 Å². The monoisotopic (exact) mass is 307 g/mol. The van der Waals surface area contributed by atoms with Gasteiger partial charge in [-0.25, -0.2) is 4.79 Å². The number of hydroxylamine groups is 2. The third-order valence-electron chi connectivity index (χ3n) is 4.54. The molecular weight excluding hydrogens is 286 g/mol. The summed E-state index contributed by atoms with van der Waals surface area (Å²) in [7, 11) is 3.08. The van der Waals surface area contributed by atoms with Crippen LogP contribution >= 0.6 is 0 Å². The smallest absolute Gasteiger partial charge is 0.338 e. The topological polar surface area (TPSA) is 68.2 Å². The number of piperidine rings is 1. The standard InChI is InChI=1S/C16H21NO5/c1-20-14-6-3-10(7-15(14)21-2)16(18)22-13-8-11-4-5-12(9-13)17(11)19/h3,6-7,11-13,19H,4-5,8-9H2,1-2H3/t11-,12-/m1/s1. The van der Waals surface area contributed by atoms with Crippen molar-refractivity contribution in [3.63, 3.8) is 0 Å². The fourth-order valence-electron chi connectivity index (χ4n) is 3.38. The number of carbonyl (C=O) groups excluding carboxylic acids is 1. The number of esters is 1. The van der Waals surface area contributed by atoms with Crippen LogP contribution < -0.4 is 9.47 Å². The zero-order valence-electron chi connectivity index (χ0n) is 12.8. The molecule has 1 aromatic carbocycles. The molecule has 0 saturated carbocycles. The Hall–Kier alpha value is -1.79. The molecule has 1 N–H and O–H groups in total. The van der Waals surface area contributed by atoms with Crippen LogP contribution in [0.2, 0.25) is 0 Å². The van der Waals surface area contributed by atoms with Gasteiger partial charge in [0.2, 0.25) is 0 Å². The molecular formula is C16H21NO5. The number of hydrogen-bond acceptors (Lipinski definition) is 6. The minimum atomic E-state index is -0.364. The van der Waals surface area contributed by atoms with Crippen LogP contribution in [-0.4, -0.2) is 48.6 Å². The van der Waals surface area contributed by atoms with E-state index in [9.17, 15) is 10.0 Å². The van der Waals surface area contributed by atoms with Crippen molar-refractivity contribution in [2.75, 3.05) is 14.2 Å². The molecule has 22 heavy (non-hydrogen) atoms. The molecule has 2 aliphatic rings. The Bertz CT molecular complexity index is 547. The first-order valence-electron chi connectivity index (χ1n) is 7.52. The van der Waals surface area contributed by atoms with Gasteiger partial charge in [0.05, 0.1) is 19.8 Å². The van der Waals surface area contributed by atoms with E-state index in [0.29, 0.717) is 29.9 Å². The van der Waals surface area contributed by atoms with Crippen LogP contribution in [0.3, 0.4) is 0 Å². The lowest BCUT2D eigenvalue weighted by molar-refractivity contribution is -0.167. The Kier molecular flexibility index (Phi) is 4.22. The predicted molar refractivity (Wildman–Crippen MR) is 78.4 cm³/mol. The molecule has 2 heterocycles. The normalized spacial score (nSPS) is 27.5. The van der Waals surface area contributed by atoms with E-state index in [1.807, 2.05) is 0 Å². The van der Waals surface area contributed by atoms with E-state index in [0.717, 1.165) is 12.8 Å². The summed E-state index contributed by atoms with van der Waals surface area (Å²) in [5, 5.41) is 11.3. The number of nitrogens with zero attached hydrogens (tertiary/aromatic N) is 1.